The number of aromatic nitrogens is 3. The average molecular weight is 284 g/mol. The Kier molecular flexibility index (Phi) is 3.80. The number of hydrogen-bond acceptors (Lipinski definition) is 4. The van der Waals surface area contributed by atoms with E-state index in [1.165, 1.54) is 6.20 Å². The molecule has 0 aliphatic heterocycles. The van der Waals surface area contributed by atoms with Crippen molar-refractivity contribution in [3.05, 3.63) is 39.8 Å². The summed E-state index contributed by atoms with van der Waals surface area (Å²) in [4.78, 5) is 12.6. The number of aliphatic hydroxyl groups excluding tert-OH is 1. The zero-order valence-corrected chi connectivity index (χ0v) is 11.4. The number of halogens is 2. The molecule has 2 aromatic rings. The van der Waals surface area contributed by atoms with Gasteiger partial charge in [0.05, 0.1) is 16.1 Å². The highest BCUT2D eigenvalue weighted by Crippen LogP contribution is 2.26. The Hall–Kier alpha value is -1.23. The van der Waals surface area contributed by atoms with Crippen molar-refractivity contribution in [1.29, 1.82) is 0 Å². The van der Waals surface area contributed by atoms with Crippen molar-refractivity contribution in [2.45, 2.75) is 20.0 Å². The molecule has 0 spiro atoms. The standard InChI is InChI=1S/C12H11Cl2N3O/c1-6-9(7(2)18)5-16-12(17-6)11-10(14)3-8(13)4-15-11/h3-5,7,18H,1-2H3/t7-/m0/s1. The summed E-state index contributed by atoms with van der Waals surface area (Å²) in [6, 6.07) is 1.59. The third kappa shape index (κ3) is 2.61. The molecule has 0 saturated heterocycles. The van der Waals surface area contributed by atoms with E-state index in [1.807, 2.05) is 0 Å². The van der Waals surface area contributed by atoms with Crippen LogP contribution in [0.4, 0.5) is 0 Å². The van der Waals surface area contributed by atoms with Gasteiger partial charge in [0, 0.05) is 23.7 Å². The highest BCUT2D eigenvalue weighted by atomic mass is 35.5. The molecule has 4 nitrogen and oxygen atoms in total. The molecule has 1 N–H and O–H groups in total. The van der Waals surface area contributed by atoms with E-state index in [9.17, 15) is 5.11 Å². The third-order valence-corrected chi connectivity index (χ3v) is 2.98. The highest BCUT2D eigenvalue weighted by molar-refractivity contribution is 6.35. The number of aryl methyl sites for hydroxylation is 1. The van der Waals surface area contributed by atoms with Crippen molar-refractivity contribution in [3.63, 3.8) is 0 Å². The molecule has 0 aliphatic carbocycles. The van der Waals surface area contributed by atoms with Crippen LogP contribution >= 0.6 is 23.2 Å². The van der Waals surface area contributed by atoms with Gasteiger partial charge in [0.1, 0.15) is 5.69 Å². The van der Waals surface area contributed by atoms with Crippen molar-refractivity contribution in [3.8, 4) is 11.5 Å². The fourth-order valence-corrected chi connectivity index (χ4v) is 2.04. The first-order valence-corrected chi connectivity index (χ1v) is 6.07. The summed E-state index contributed by atoms with van der Waals surface area (Å²) in [5.74, 6) is 0.415. The first-order valence-electron chi connectivity index (χ1n) is 5.32. The quantitative estimate of drug-likeness (QED) is 0.920. The summed E-state index contributed by atoms with van der Waals surface area (Å²) in [6.07, 6.45) is 2.46. The van der Waals surface area contributed by atoms with E-state index in [2.05, 4.69) is 15.0 Å². The molecule has 0 bridgehead atoms. The highest BCUT2D eigenvalue weighted by Gasteiger charge is 2.12. The molecule has 0 saturated carbocycles. The Bertz CT molecular complexity index is 588. The second-order valence-electron chi connectivity index (χ2n) is 3.89. The second kappa shape index (κ2) is 5.18. The summed E-state index contributed by atoms with van der Waals surface area (Å²) in [6.45, 7) is 3.47. The van der Waals surface area contributed by atoms with Crippen LogP contribution in [-0.2, 0) is 0 Å². The minimum absolute atomic E-state index is 0.395. The van der Waals surface area contributed by atoms with Gasteiger partial charge in [-0.3, -0.25) is 0 Å². The van der Waals surface area contributed by atoms with Gasteiger partial charge in [-0.2, -0.15) is 0 Å². The Labute approximate surface area is 115 Å². The maximum atomic E-state index is 9.52. The van der Waals surface area contributed by atoms with Gasteiger partial charge in [0.15, 0.2) is 5.82 Å². The molecule has 0 amide bonds. The van der Waals surface area contributed by atoms with Crippen LogP contribution in [0.2, 0.25) is 10.0 Å². The molecule has 0 aliphatic rings. The smallest absolute Gasteiger partial charge is 0.179 e. The van der Waals surface area contributed by atoms with Crippen molar-refractivity contribution < 1.29 is 5.11 Å². The van der Waals surface area contributed by atoms with Gasteiger partial charge >= 0.3 is 0 Å². The van der Waals surface area contributed by atoms with Gasteiger partial charge < -0.3 is 5.11 Å². The monoisotopic (exact) mass is 283 g/mol. The van der Waals surface area contributed by atoms with Crippen LogP contribution in [0, 0.1) is 6.92 Å². The van der Waals surface area contributed by atoms with Crippen LogP contribution < -0.4 is 0 Å². The fraction of sp³-hybridized carbons (Fsp3) is 0.250. The van der Waals surface area contributed by atoms with Gasteiger partial charge in [0.25, 0.3) is 0 Å². The van der Waals surface area contributed by atoms with Crippen LogP contribution in [-0.4, -0.2) is 20.1 Å². The molecule has 2 aromatic heterocycles. The van der Waals surface area contributed by atoms with E-state index < -0.39 is 6.10 Å². The third-order valence-electron chi connectivity index (χ3n) is 2.49. The van der Waals surface area contributed by atoms with Gasteiger partial charge in [-0.1, -0.05) is 23.2 Å². The summed E-state index contributed by atoms with van der Waals surface area (Å²) < 4.78 is 0. The van der Waals surface area contributed by atoms with Gasteiger partial charge in [0.2, 0.25) is 0 Å². The maximum Gasteiger partial charge on any atom is 0.179 e. The average Bonchev–Trinajstić information content (AvgIpc) is 2.28. The number of hydrogen-bond donors (Lipinski definition) is 1. The number of nitrogens with zero attached hydrogens (tertiary/aromatic N) is 3. The maximum absolute atomic E-state index is 9.52. The molecule has 1 atom stereocenters. The van der Waals surface area contributed by atoms with Gasteiger partial charge in [-0.15, -0.1) is 0 Å². The largest absolute Gasteiger partial charge is 0.389 e. The first kappa shape index (κ1) is 13.2. The molecule has 0 radical (unpaired) electrons. The Balaban J connectivity index is 2.49. The van der Waals surface area contributed by atoms with Crippen molar-refractivity contribution in [1.82, 2.24) is 15.0 Å². The van der Waals surface area contributed by atoms with Crippen LogP contribution in [0.5, 0.6) is 0 Å². The molecule has 6 heteroatoms. The van der Waals surface area contributed by atoms with E-state index in [0.29, 0.717) is 32.8 Å². The number of rotatable bonds is 2. The lowest BCUT2D eigenvalue weighted by Gasteiger charge is -2.09. The topological polar surface area (TPSA) is 58.9 Å². The summed E-state index contributed by atoms with van der Waals surface area (Å²) in [5.41, 5.74) is 1.85. The van der Waals surface area contributed by atoms with Crippen LogP contribution in [0.1, 0.15) is 24.3 Å². The first-order chi connectivity index (χ1) is 8.49. The summed E-state index contributed by atoms with van der Waals surface area (Å²) in [5, 5.41) is 10.4. The normalized spacial score (nSPS) is 12.5. The van der Waals surface area contributed by atoms with Crippen LogP contribution in [0.15, 0.2) is 18.5 Å². The minimum atomic E-state index is -0.604. The molecule has 0 fully saturated rings. The van der Waals surface area contributed by atoms with E-state index in [1.54, 1.807) is 26.1 Å². The molecule has 18 heavy (non-hydrogen) atoms. The lowest BCUT2D eigenvalue weighted by atomic mass is 10.1. The summed E-state index contributed by atoms with van der Waals surface area (Å²) >= 11 is 11.8. The Morgan fingerprint density at radius 2 is 1.94 bits per heavy atom. The van der Waals surface area contributed by atoms with Crippen LogP contribution in [0.25, 0.3) is 11.5 Å². The fourth-order valence-electron chi connectivity index (χ4n) is 1.58. The SMILES string of the molecule is Cc1nc(-c2ncc(Cl)cc2Cl)ncc1[C@H](C)O. The zero-order chi connectivity index (χ0) is 13.3. The lowest BCUT2D eigenvalue weighted by molar-refractivity contribution is 0.197. The van der Waals surface area contributed by atoms with Gasteiger partial charge in [-0.25, -0.2) is 15.0 Å². The second-order valence-corrected chi connectivity index (χ2v) is 4.74. The number of aliphatic hydroxyl groups is 1. The summed E-state index contributed by atoms with van der Waals surface area (Å²) in [7, 11) is 0. The zero-order valence-electron chi connectivity index (χ0n) is 9.85. The predicted molar refractivity (Wildman–Crippen MR) is 70.7 cm³/mol. The van der Waals surface area contributed by atoms with E-state index in [-0.39, 0.29) is 0 Å². The van der Waals surface area contributed by atoms with E-state index in [0.717, 1.165) is 0 Å². The number of pyridine rings is 1. The predicted octanol–water partition coefficient (Wildman–Crippen LogP) is 3.21. The molecular weight excluding hydrogens is 273 g/mol. The Morgan fingerprint density at radius 1 is 1.22 bits per heavy atom. The van der Waals surface area contributed by atoms with E-state index >= 15 is 0 Å². The molecule has 0 aromatic carbocycles. The van der Waals surface area contributed by atoms with Crippen LogP contribution in [0.3, 0.4) is 0 Å². The molecule has 0 unspecified atom stereocenters. The minimum Gasteiger partial charge on any atom is -0.389 e. The molecular formula is C12H11Cl2N3O. The van der Waals surface area contributed by atoms with E-state index in [4.69, 9.17) is 23.2 Å². The molecule has 2 heterocycles. The van der Waals surface area contributed by atoms with Crippen molar-refractivity contribution in [2.75, 3.05) is 0 Å². The lowest BCUT2D eigenvalue weighted by Crippen LogP contribution is -2.02. The van der Waals surface area contributed by atoms with Crippen molar-refractivity contribution >= 4 is 23.2 Å². The molecule has 2 rings (SSSR count). The van der Waals surface area contributed by atoms with Gasteiger partial charge in [-0.05, 0) is 19.9 Å². The molecule has 94 valence electrons. The Morgan fingerprint density at radius 3 is 2.50 bits per heavy atom. The van der Waals surface area contributed by atoms with Crippen molar-refractivity contribution in [2.24, 2.45) is 0 Å².